The molecule has 5 rings (SSSR count). The first kappa shape index (κ1) is 22.7. The Morgan fingerprint density at radius 3 is 2.74 bits per heavy atom. The molecule has 1 aromatic heterocycles. The lowest BCUT2D eigenvalue weighted by Crippen LogP contribution is -2.64. The van der Waals surface area contributed by atoms with E-state index in [9.17, 15) is 9.59 Å². The van der Waals surface area contributed by atoms with Crippen LogP contribution in [0.2, 0.25) is 5.02 Å². The van der Waals surface area contributed by atoms with Crippen molar-refractivity contribution in [1.82, 2.24) is 14.8 Å². The summed E-state index contributed by atoms with van der Waals surface area (Å²) in [6, 6.07) is 15.0. The molecule has 2 unspecified atom stereocenters. The molecule has 178 valence electrons. The van der Waals surface area contributed by atoms with E-state index in [4.69, 9.17) is 21.1 Å². The predicted octanol–water partition coefficient (Wildman–Crippen LogP) is 4.01. The van der Waals surface area contributed by atoms with Gasteiger partial charge in [0.05, 0.1) is 25.3 Å². The SMILES string of the molecule is COc1ccc2cc3n(c2c1)CC(C)(C(=O)NCC1CCCO1)N(Cc1ccc(Cl)cc1)C3=O. The van der Waals surface area contributed by atoms with Crippen LogP contribution in [-0.2, 0) is 22.6 Å². The van der Waals surface area contributed by atoms with E-state index in [0.717, 1.165) is 35.9 Å². The molecule has 0 radical (unpaired) electrons. The zero-order valence-corrected chi connectivity index (χ0v) is 20.1. The molecule has 0 spiro atoms. The number of hydrogen-bond donors (Lipinski definition) is 1. The lowest BCUT2D eigenvalue weighted by molar-refractivity contribution is -0.133. The predicted molar refractivity (Wildman–Crippen MR) is 130 cm³/mol. The summed E-state index contributed by atoms with van der Waals surface area (Å²) in [4.78, 5) is 29.2. The minimum absolute atomic E-state index is 0.0174. The van der Waals surface area contributed by atoms with Crippen LogP contribution in [0.25, 0.3) is 10.9 Å². The van der Waals surface area contributed by atoms with Gasteiger partial charge in [-0.2, -0.15) is 0 Å². The van der Waals surface area contributed by atoms with Crippen molar-refractivity contribution < 1.29 is 19.1 Å². The highest BCUT2D eigenvalue weighted by atomic mass is 35.5. The maximum atomic E-state index is 13.8. The van der Waals surface area contributed by atoms with Crippen LogP contribution < -0.4 is 10.1 Å². The number of carbonyl (C=O) groups is 2. The van der Waals surface area contributed by atoms with E-state index in [1.54, 1.807) is 24.1 Å². The second kappa shape index (κ2) is 8.96. The van der Waals surface area contributed by atoms with Gasteiger partial charge < -0.3 is 24.3 Å². The summed E-state index contributed by atoms with van der Waals surface area (Å²) in [6.45, 7) is 3.62. The van der Waals surface area contributed by atoms with Crippen LogP contribution in [0.15, 0.2) is 48.5 Å². The Bertz CT molecular complexity index is 1230. The van der Waals surface area contributed by atoms with Gasteiger partial charge in [-0.05, 0) is 55.7 Å². The number of halogens is 1. The maximum absolute atomic E-state index is 13.8. The van der Waals surface area contributed by atoms with Gasteiger partial charge >= 0.3 is 0 Å². The van der Waals surface area contributed by atoms with E-state index in [0.29, 0.717) is 36.1 Å². The van der Waals surface area contributed by atoms with Crippen molar-refractivity contribution in [2.24, 2.45) is 0 Å². The molecule has 2 aliphatic heterocycles. The molecule has 8 heteroatoms. The molecule has 34 heavy (non-hydrogen) atoms. The molecule has 7 nitrogen and oxygen atoms in total. The van der Waals surface area contributed by atoms with Crippen molar-refractivity contribution in [3.63, 3.8) is 0 Å². The Hall–Kier alpha value is -3.03. The van der Waals surface area contributed by atoms with Crippen molar-refractivity contribution in [1.29, 1.82) is 0 Å². The van der Waals surface area contributed by atoms with Crippen molar-refractivity contribution in [3.05, 3.63) is 64.8 Å². The zero-order chi connectivity index (χ0) is 23.9. The molecule has 1 N–H and O–H groups in total. The summed E-state index contributed by atoms with van der Waals surface area (Å²) in [5, 5.41) is 4.61. The Morgan fingerprint density at radius 2 is 2.03 bits per heavy atom. The molecule has 2 aromatic carbocycles. The molecule has 2 aliphatic rings. The Labute approximate surface area is 203 Å². The minimum Gasteiger partial charge on any atom is -0.497 e. The van der Waals surface area contributed by atoms with Crippen LogP contribution in [0, 0.1) is 0 Å². The van der Waals surface area contributed by atoms with Gasteiger partial charge in [0.2, 0.25) is 5.91 Å². The number of benzene rings is 2. The number of rotatable bonds is 6. The Morgan fingerprint density at radius 1 is 1.24 bits per heavy atom. The fraction of sp³-hybridized carbons (Fsp3) is 0.385. The third-order valence-corrected chi connectivity index (χ3v) is 7.15. The largest absolute Gasteiger partial charge is 0.497 e. The number of fused-ring (bicyclic) bond motifs is 3. The summed E-state index contributed by atoms with van der Waals surface area (Å²) in [5.41, 5.74) is 1.23. The smallest absolute Gasteiger partial charge is 0.271 e. The number of ether oxygens (including phenoxy) is 2. The quantitative estimate of drug-likeness (QED) is 0.577. The van der Waals surface area contributed by atoms with E-state index in [1.807, 2.05) is 47.9 Å². The number of hydrogen-bond acceptors (Lipinski definition) is 4. The number of nitrogens with one attached hydrogen (secondary N) is 1. The number of methoxy groups -OCH3 is 1. The fourth-order valence-electron chi connectivity index (χ4n) is 4.88. The van der Waals surface area contributed by atoms with Crippen molar-refractivity contribution >= 4 is 34.3 Å². The fourth-order valence-corrected chi connectivity index (χ4v) is 5.01. The first-order valence-electron chi connectivity index (χ1n) is 11.5. The lowest BCUT2D eigenvalue weighted by atomic mass is 9.93. The van der Waals surface area contributed by atoms with E-state index >= 15 is 0 Å². The van der Waals surface area contributed by atoms with Gasteiger partial charge in [-0.25, -0.2) is 0 Å². The van der Waals surface area contributed by atoms with Crippen LogP contribution in [0.4, 0.5) is 0 Å². The summed E-state index contributed by atoms with van der Waals surface area (Å²) in [5.74, 6) is 0.320. The van der Waals surface area contributed by atoms with Crippen molar-refractivity contribution in [2.45, 2.75) is 44.5 Å². The van der Waals surface area contributed by atoms with Crippen LogP contribution in [-0.4, -0.2) is 53.2 Å². The lowest BCUT2D eigenvalue weighted by Gasteiger charge is -2.44. The third kappa shape index (κ3) is 4.03. The molecule has 1 saturated heterocycles. The summed E-state index contributed by atoms with van der Waals surface area (Å²) in [7, 11) is 1.61. The van der Waals surface area contributed by atoms with Gasteiger partial charge in [0.15, 0.2) is 0 Å². The van der Waals surface area contributed by atoms with E-state index < -0.39 is 5.54 Å². The molecule has 3 aromatic rings. The average molecular weight is 482 g/mol. The number of nitrogens with zero attached hydrogens (tertiary/aromatic N) is 2. The van der Waals surface area contributed by atoms with Crippen LogP contribution in [0.5, 0.6) is 5.75 Å². The topological polar surface area (TPSA) is 72.8 Å². The first-order valence-corrected chi connectivity index (χ1v) is 11.9. The van der Waals surface area contributed by atoms with Gasteiger partial charge in [-0.3, -0.25) is 9.59 Å². The van der Waals surface area contributed by atoms with Crippen LogP contribution >= 0.6 is 11.6 Å². The van der Waals surface area contributed by atoms with Gasteiger partial charge in [-0.15, -0.1) is 0 Å². The second-order valence-corrected chi connectivity index (χ2v) is 9.61. The highest BCUT2D eigenvalue weighted by Crippen LogP contribution is 2.35. The van der Waals surface area contributed by atoms with E-state index in [-0.39, 0.29) is 17.9 Å². The number of carbonyl (C=O) groups excluding carboxylic acids is 2. The van der Waals surface area contributed by atoms with Crippen LogP contribution in [0.3, 0.4) is 0 Å². The Kier molecular flexibility index (Phi) is 6.00. The molecule has 0 aliphatic carbocycles. The monoisotopic (exact) mass is 481 g/mol. The molecule has 0 bridgehead atoms. The van der Waals surface area contributed by atoms with Crippen molar-refractivity contribution in [3.8, 4) is 5.75 Å². The minimum atomic E-state index is -1.10. The second-order valence-electron chi connectivity index (χ2n) is 9.18. The van der Waals surface area contributed by atoms with Gasteiger partial charge in [0, 0.05) is 36.2 Å². The summed E-state index contributed by atoms with van der Waals surface area (Å²) >= 11 is 6.06. The third-order valence-electron chi connectivity index (χ3n) is 6.89. The molecule has 3 heterocycles. The molecular weight excluding hydrogens is 454 g/mol. The molecule has 1 fully saturated rings. The van der Waals surface area contributed by atoms with Crippen LogP contribution in [0.1, 0.15) is 35.8 Å². The zero-order valence-electron chi connectivity index (χ0n) is 19.3. The van der Waals surface area contributed by atoms with E-state index in [1.165, 1.54) is 0 Å². The van der Waals surface area contributed by atoms with E-state index in [2.05, 4.69) is 5.32 Å². The maximum Gasteiger partial charge on any atom is 0.271 e. The molecule has 0 saturated carbocycles. The average Bonchev–Trinajstić information content (AvgIpc) is 3.49. The number of aromatic nitrogens is 1. The summed E-state index contributed by atoms with van der Waals surface area (Å²) < 4.78 is 13.0. The Balaban J connectivity index is 1.53. The van der Waals surface area contributed by atoms with Gasteiger partial charge in [-0.1, -0.05) is 23.7 Å². The van der Waals surface area contributed by atoms with Gasteiger partial charge in [0.1, 0.15) is 17.0 Å². The molecular formula is C26H28ClN3O4. The first-order chi connectivity index (χ1) is 16.4. The summed E-state index contributed by atoms with van der Waals surface area (Å²) in [6.07, 6.45) is 1.94. The number of amides is 2. The standard InChI is InChI=1S/C26H28ClN3O4/c1-26(25(32)28-14-21-4-3-11-34-21)16-29-22-13-20(33-2)10-7-18(22)12-23(29)24(31)30(26)15-17-5-8-19(27)9-6-17/h5-10,12-13,21H,3-4,11,14-16H2,1-2H3,(H,28,32). The molecule has 2 amide bonds. The van der Waals surface area contributed by atoms with Gasteiger partial charge in [0.25, 0.3) is 5.91 Å². The highest BCUT2D eigenvalue weighted by Gasteiger charge is 2.47. The highest BCUT2D eigenvalue weighted by molar-refractivity contribution is 6.30. The van der Waals surface area contributed by atoms with Crippen molar-refractivity contribution in [2.75, 3.05) is 20.3 Å². The molecule has 2 atom stereocenters. The normalized spacial score (nSPS) is 22.1.